The van der Waals surface area contributed by atoms with Crippen LogP contribution in [0.5, 0.6) is 0 Å². The Morgan fingerprint density at radius 3 is 2.57 bits per heavy atom. The summed E-state index contributed by atoms with van der Waals surface area (Å²) in [4.78, 5) is 13.6. The number of hydrogen-bond acceptors (Lipinski definition) is 3. The topological polar surface area (TPSA) is 42.2 Å². The lowest BCUT2D eigenvalue weighted by Gasteiger charge is -2.08. The van der Waals surface area contributed by atoms with Gasteiger partial charge in [-0.15, -0.1) is 11.8 Å². The van der Waals surface area contributed by atoms with Gasteiger partial charge in [-0.3, -0.25) is 4.79 Å². The molecule has 0 aliphatic heterocycles. The van der Waals surface area contributed by atoms with Gasteiger partial charge in [-0.1, -0.05) is 36.4 Å². The molecule has 0 radical (unpaired) electrons. The molecular weight excluding hydrogens is 306 g/mol. The van der Waals surface area contributed by atoms with Crippen LogP contribution in [0.15, 0.2) is 76.2 Å². The third-order valence-electron chi connectivity index (χ3n) is 3.48. The van der Waals surface area contributed by atoms with Gasteiger partial charge in [0.05, 0.1) is 6.26 Å². The number of aryl methyl sites for hydroxylation is 1. The Morgan fingerprint density at radius 2 is 1.78 bits per heavy atom. The van der Waals surface area contributed by atoms with Crippen molar-refractivity contribution in [2.24, 2.45) is 0 Å². The zero-order chi connectivity index (χ0) is 16.1. The van der Waals surface area contributed by atoms with Crippen LogP contribution in [0.2, 0.25) is 0 Å². The van der Waals surface area contributed by atoms with Crippen LogP contribution < -0.4 is 5.32 Å². The second kappa shape index (κ2) is 7.20. The highest BCUT2D eigenvalue weighted by Gasteiger charge is 2.16. The molecule has 0 unspecified atom stereocenters. The van der Waals surface area contributed by atoms with Crippen molar-refractivity contribution in [3.8, 4) is 0 Å². The van der Waals surface area contributed by atoms with Crippen LogP contribution in [0, 0.1) is 6.92 Å². The molecule has 23 heavy (non-hydrogen) atoms. The van der Waals surface area contributed by atoms with Crippen molar-refractivity contribution in [1.82, 2.24) is 0 Å². The number of nitrogens with one attached hydrogen (secondary N) is 1. The third kappa shape index (κ3) is 3.85. The first kappa shape index (κ1) is 15.4. The first-order chi connectivity index (χ1) is 11.2. The van der Waals surface area contributed by atoms with Gasteiger partial charge < -0.3 is 9.73 Å². The number of rotatable bonds is 5. The number of hydrogen-bond donors (Lipinski definition) is 1. The maximum Gasteiger partial charge on any atom is 0.291 e. The van der Waals surface area contributed by atoms with E-state index < -0.39 is 0 Å². The van der Waals surface area contributed by atoms with Crippen molar-refractivity contribution >= 4 is 23.4 Å². The van der Waals surface area contributed by atoms with Crippen LogP contribution in [-0.2, 0) is 5.75 Å². The molecule has 0 saturated carbocycles. The van der Waals surface area contributed by atoms with E-state index in [1.54, 1.807) is 18.0 Å². The predicted octanol–water partition coefficient (Wildman–Crippen LogP) is 5.13. The summed E-state index contributed by atoms with van der Waals surface area (Å²) >= 11 is 1.68. The Labute approximate surface area is 139 Å². The molecule has 3 aromatic rings. The number of para-hydroxylation sites is 1. The Morgan fingerprint density at radius 1 is 1.04 bits per heavy atom. The first-order valence-corrected chi connectivity index (χ1v) is 8.34. The number of thioether (sulfide) groups is 1. The minimum Gasteiger partial charge on any atom is -0.459 e. The fraction of sp³-hybridized carbons (Fsp3) is 0.105. The zero-order valence-electron chi connectivity index (χ0n) is 12.8. The molecule has 0 aliphatic rings. The van der Waals surface area contributed by atoms with Gasteiger partial charge in [0.1, 0.15) is 0 Å². The van der Waals surface area contributed by atoms with Crippen molar-refractivity contribution in [3.63, 3.8) is 0 Å². The smallest absolute Gasteiger partial charge is 0.291 e. The fourth-order valence-electron chi connectivity index (χ4n) is 2.22. The SMILES string of the molecule is Cc1ccccc1NC(=O)c1occc1CSc1ccccc1. The largest absolute Gasteiger partial charge is 0.459 e. The molecule has 0 saturated heterocycles. The molecule has 0 bridgehead atoms. The summed E-state index contributed by atoms with van der Waals surface area (Å²) in [7, 11) is 0. The Kier molecular flexibility index (Phi) is 4.83. The molecule has 0 atom stereocenters. The van der Waals surface area contributed by atoms with Crippen molar-refractivity contribution in [2.75, 3.05) is 5.32 Å². The Hall–Kier alpha value is -2.46. The normalized spacial score (nSPS) is 10.5. The number of carbonyl (C=O) groups is 1. The van der Waals surface area contributed by atoms with E-state index in [-0.39, 0.29) is 5.91 Å². The monoisotopic (exact) mass is 323 g/mol. The molecule has 4 heteroatoms. The molecule has 3 nitrogen and oxygen atoms in total. The maximum atomic E-state index is 12.4. The van der Waals surface area contributed by atoms with Crippen molar-refractivity contribution in [2.45, 2.75) is 17.6 Å². The predicted molar refractivity (Wildman–Crippen MR) is 93.8 cm³/mol. The van der Waals surface area contributed by atoms with Crippen LogP contribution in [0.25, 0.3) is 0 Å². The highest BCUT2D eigenvalue weighted by Crippen LogP contribution is 2.25. The van der Waals surface area contributed by atoms with E-state index in [0.717, 1.165) is 16.8 Å². The van der Waals surface area contributed by atoms with Crippen molar-refractivity contribution in [1.29, 1.82) is 0 Å². The molecule has 116 valence electrons. The number of carbonyl (C=O) groups excluding carboxylic acids is 1. The lowest BCUT2D eigenvalue weighted by molar-refractivity contribution is 0.0995. The molecule has 3 rings (SSSR count). The molecule has 1 aromatic heterocycles. The molecule has 0 aliphatic carbocycles. The lowest BCUT2D eigenvalue weighted by Crippen LogP contribution is -2.13. The molecule has 2 aromatic carbocycles. The molecule has 1 N–H and O–H groups in total. The summed E-state index contributed by atoms with van der Waals surface area (Å²) in [6.07, 6.45) is 1.56. The molecule has 0 spiro atoms. The van der Waals surface area contributed by atoms with Crippen molar-refractivity contribution < 1.29 is 9.21 Å². The van der Waals surface area contributed by atoms with Gasteiger partial charge in [-0.05, 0) is 36.8 Å². The Bertz CT molecular complexity index is 796. The maximum absolute atomic E-state index is 12.4. The number of benzene rings is 2. The lowest BCUT2D eigenvalue weighted by atomic mass is 10.2. The van der Waals surface area contributed by atoms with Gasteiger partial charge in [-0.2, -0.15) is 0 Å². The van der Waals surface area contributed by atoms with E-state index in [9.17, 15) is 4.79 Å². The van der Waals surface area contributed by atoms with Crippen LogP contribution >= 0.6 is 11.8 Å². The number of amides is 1. The average Bonchev–Trinajstić information content (AvgIpc) is 3.05. The van der Waals surface area contributed by atoms with E-state index in [1.807, 2.05) is 55.5 Å². The zero-order valence-corrected chi connectivity index (χ0v) is 13.6. The molecule has 0 fully saturated rings. The number of anilines is 1. The second-order valence-corrected chi connectivity index (χ2v) is 6.19. The van der Waals surface area contributed by atoms with Crippen LogP contribution in [-0.4, -0.2) is 5.91 Å². The Balaban J connectivity index is 1.70. The minimum atomic E-state index is -0.215. The van der Waals surface area contributed by atoms with Crippen molar-refractivity contribution in [3.05, 3.63) is 83.8 Å². The fourth-order valence-corrected chi connectivity index (χ4v) is 3.12. The second-order valence-electron chi connectivity index (χ2n) is 5.15. The summed E-state index contributed by atoms with van der Waals surface area (Å²) in [5.41, 5.74) is 2.72. The average molecular weight is 323 g/mol. The van der Waals surface area contributed by atoms with E-state index in [4.69, 9.17) is 4.42 Å². The van der Waals surface area contributed by atoms with E-state index >= 15 is 0 Å². The molecular formula is C19H17NO2S. The van der Waals surface area contributed by atoms with Crippen LogP contribution in [0.4, 0.5) is 5.69 Å². The van der Waals surface area contributed by atoms with Crippen LogP contribution in [0.1, 0.15) is 21.7 Å². The van der Waals surface area contributed by atoms with Gasteiger partial charge in [0.25, 0.3) is 5.91 Å². The third-order valence-corrected chi connectivity index (χ3v) is 4.54. The molecule has 1 amide bonds. The summed E-state index contributed by atoms with van der Waals surface area (Å²) in [5.74, 6) is 0.849. The van der Waals surface area contributed by atoms with Gasteiger partial charge in [0, 0.05) is 21.9 Å². The van der Waals surface area contributed by atoms with E-state index in [2.05, 4.69) is 17.4 Å². The van der Waals surface area contributed by atoms with Gasteiger partial charge in [0.2, 0.25) is 0 Å². The number of furan rings is 1. The van der Waals surface area contributed by atoms with E-state index in [0.29, 0.717) is 11.5 Å². The quantitative estimate of drug-likeness (QED) is 0.662. The summed E-state index contributed by atoms with van der Waals surface area (Å²) < 4.78 is 5.40. The van der Waals surface area contributed by atoms with Gasteiger partial charge >= 0.3 is 0 Å². The highest BCUT2D eigenvalue weighted by atomic mass is 32.2. The first-order valence-electron chi connectivity index (χ1n) is 7.35. The van der Waals surface area contributed by atoms with Gasteiger partial charge in [0.15, 0.2) is 5.76 Å². The summed E-state index contributed by atoms with van der Waals surface area (Å²) in [6, 6.07) is 19.6. The minimum absolute atomic E-state index is 0.215. The van der Waals surface area contributed by atoms with Crippen LogP contribution in [0.3, 0.4) is 0 Å². The summed E-state index contributed by atoms with van der Waals surface area (Å²) in [6.45, 7) is 1.96. The molecule has 1 heterocycles. The standard InChI is InChI=1S/C19H17NO2S/c1-14-7-5-6-10-17(14)20-19(21)18-15(11-12-22-18)13-23-16-8-3-2-4-9-16/h2-12H,13H2,1H3,(H,20,21). The highest BCUT2D eigenvalue weighted by molar-refractivity contribution is 7.98. The van der Waals surface area contributed by atoms with Gasteiger partial charge in [-0.25, -0.2) is 0 Å². The summed E-state index contributed by atoms with van der Waals surface area (Å²) in [5, 5.41) is 2.91. The van der Waals surface area contributed by atoms with E-state index in [1.165, 1.54) is 4.90 Å².